The highest BCUT2D eigenvalue weighted by atomic mass is 79.9. The fraction of sp³-hybridized carbons (Fsp3) is 0.172. The van der Waals surface area contributed by atoms with Crippen LogP contribution in [0.5, 0.6) is 5.75 Å². The highest BCUT2D eigenvalue weighted by Gasteiger charge is 2.20. The van der Waals surface area contributed by atoms with Crippen molar-refractivity contribution in [3.8, 4) is 5.75 Å². The number of halogens is 4. The molecule has 9 nitrogen and oxygen atoms in total. The molecule has 0 saturated carbocycles. The summed E-state index contributed by atoms with van der Waals surface area (Å²) in [6.45, 7) is 1.68. The second-order valence-electron chi connectivity index (χ2n) is 8.91. The Hall–Kier alpha value is -3.57. The number of fused-ring (bicyclic) bond motifs is 1. The summed E-state index contributed by atoms with van der Waals surface area (Å²) >= 11 is 16.6. The number of aryl methyl sites for hydroxylation is 1. The lowest BCUT2D eigenvalue weighted by atomic mass is 10.1. The van der Waals surface area contributed by atoms with Crippen LogP contribution in [0.2, 0.25) is 10.0 Å². The van der Waals surface area contributed by atoms with Gasteiger partial charge in [0.1, 0.15) is 11.2 Å². The van der Waals surface area contributed by atoms with Crippen LogP contribution in [-0.4, -0.2) is 47.7 Å². The van der Waals surface area contributed by atoms with Crippen molar-refractivity contribution >= 4 is 86.7 Å². The molecule has 0 bridgehead atoms. The Labute approximate surface area is 267 Å². The molecule has 4 rings (SSSR count). The van der Waals surface area contributed by atoms with Crippen molar-refractivity contribution in [2.24, 2.45) is 0 Å². The lowest BCUT2D eigenvalue weighted by Gasteiger charge is -2.21. The first-order chi connectivity index (χ1) is 19.6. The van der Waals surface area contributed by atoms with Crippen molar-refractivity contribution in [1.82, 2.24) is 20.0 Å². The van der Waals surface area contributed by atoms with E-state index in [0.717, 1.165) is 15.9 Å². The third kappa shape index (κ3) is 7.43. The van der Waals surface area contributed by atoms with Crippen LogP contribution >= 0.6 is 51.5 Å². The minimum absolute atomic E-state index is 0. The fourth-order valence-electron chi connectivity index (χ4n) is 3.90. The maximum Gasteiger partial charge on any atom is 0.251 e. The molecule has 42 heavy (non-hydrogen) atoms. The molecular formula is C29H27BrCl3N5O4. The number of ether oxygens (including phenoxy) is 1. The largest absolute Gasteiger partial charge is 0.485 e. The molecule has 2 N–H and O–H groups in total. The minimum atomic E-state index is -0.450. The van der Waals surface area contributed by atoms with Gasteiger partial charge in [-0.3, -0.25) is 18.8 Å². The molecule has 220 valence electrons. The third-order valence-corrected chi connectivity index (χ3v) is 7.96. The van der Waals surface area contributed by atoms with Gasteiger partial charge in [-0.1, -0.05) is 35.3 Å². The summed E-state index contributed by atoms with van der Waals surface area (Å²) in [6.07, 6.45) is 4.77. The Kier molecular flexibility index (Phi) is 11.4. The van der Waals surface area contributed by atoms with Gasteiger partial charge < -0.3 is 20.3 Å². The van der Waals surface area contributed by atoms with Crippen molar-refractivity contribution in [3.63, 3.8) is 0 Å². The molecule has 3 amide bonds. The lowest BCUT2D eigenvalue weighted by molar-refractivity contribution is -0.122. The van der Waals surface area contributed by atoms with E-state index in [1.165, 1.54) is 11.0 Å². The fourth-order valence-corrected chi connectivity index (χ4v) is 4.88. The van der Waals surface area contributed by atoms with Crippen LogP contribution in [0.25, 0.3) is 11.7 Å². The van der Waals surface area contributed by atoms with E-state index < -0.39 is 5.91 Å². The number of carbonyl (C=O) groups excluding carboxylic acids is 3. The lowest BCUT2D eigenvalue weighted by Crippen LogP contribution is -2.37. The molecule has 0 spiro atoms. The third-order valence-electron chi connectivity index (χ3n) is 6.23. The predicted octanol–water partition coefficient (Wildman–Crippen LogP) is 5.86. The van der Waals surface area contributed by atoms with Gasteiger partial charge in [-0.15, -0.1) is 12.4 Å². The predicted molar refractivity (Wildman–Crippen MR) is 171 cm³/mol. The molecule has 0 aliphatic carbocycles. The second-order valence-corrected chi connectivity index (χ2v) is 10.4. The highest BCUT2D eigenvalue weighted by Crippen LogP contribution is 2.35. The number of carbonyl (C=O) groups is 3. The monoisotopic (exact) mass is 693 g/mol. The standard InChI is InChI=1S/C29H26BrCl2N5O4.ClH/c1-17-27(30)37-14-4-5-23(28(37)35-17)41-16-20-21(31)11-12-22(26(20)32)36(3)25(39)15-34-24(38)13-8-18-6-9-19(10-7-18)29(40)33-2;/h4-14H,15-16H2,1-3H3,(H,33,40)(H,34,38);1H. The van der Waals surface area contributed by atoms with Crippen molar-refractivity contribution in [2.45, 2.75) is 13.5 Å². The molecular weight excluding hydrogens is 669 g/mol. The maximum atomic E-state index is 12.9. The van der Waals surface area contributed by atoms with Gasteiger partial charge >= 0.3 is 0 Å². The van der Waals surface area contributed by atoms with Crippen LogP contribution in [0.15, 0.2) is 65.4 Å². The van der Waals surface area contributed by atoms with Crippen molar-refractivity contribution < 1.29 is 19.1 Å². The Morgan fingerprint density at radius 3 is 2.52 bits per heavy atom. The van der Waals surface area contributed by atoms with Crippen LogP contribution in [-0.2, 0) is 16.2 Å². The number of benzene rings is 2. The van der Waals surface area contributed by atoms with Gasteiger partial charge in [0.2, 0.25) is 11.8 Å². The van der Waals surface area contributed by atoms with Crippen LogP contribution in [0, 0.1) is 6.92 Å². The summed E-state index contributed by atoms with van der Waals surface area (Å²) in [5.41, 5.74) is 3.61. The van der Waals surface area contributed by atoms with Crippen molar-refractivity contribution in [3.05, 3.63) is 97.8 Å². The van der Waals surface area contributed by atoms with E-state index in [4.69, 9.17) is 27.9 Å². The molecule has 2 aromatic carbocycles. The first-order valence-corrected chi connectivity index (χ1v) is 13.9. The van der Waals surface area contributed by atoms with E-state index >= 15 is 0 Å². The molecule has 0 radical (unpaired) electrons. The van der Waals surface area contributed by atoms with Crippen LogP contribution < -0.4 is 20.3 Å². The number of nitrogens with zero attached hydrogens (tertiary/aromatic N) is 3. The topological polar surface area (TPSA) is 105 Å². The van der Waals surface area contributed by atoms with E-state index in [-0.39, 0.29) is 42.4 Å². The zero-order valence-corrected chi connectivity index (χ0v) is 26.7. The number of imidazole rings is 1. The molecule has 0 saturated heterocycles. The summed E-state index contributed by atoms with van der Waals surface area (Å²) < 4.78 is 8.73. The summed E-state index contributed by atoms with van der Waals surface area (Å²) in [4.78, 5) is 42.7. The van der Waals surface area contributed by atoms with E-state index in [1.807, 2.05) is 23.6 Å². The zero-order chi connectivity index (χ0) is 29.7. The average molecular weight is 696 g/mol. The number of hydrogen-bond acceptors (Lipinski definition) is 5. The van der Waals surface area contributed by atoms with Gasteiger partial charge in [-0.2, -0.15) is 0 Å². The molecule has 0 atom stereocenters. The average Bonchev–Trinajstić information content (AvgIpc) is 3.27. The zero-order valence-electron chi connectivity index (χ0n) is 22.8. The van der Waals surface area contributed by atoms with E-state index in [0.29, 0.717) is 33.2 Å². The Balaban J connectivity index is 0.00000484. The number of amides is 3. The number of anilines is 1. The van der Waals surface area contributed by atoms with Gasteiger partial charge in [0, 0.05) is 42.5 Å². The number of aromatic nitrogens is 2. The van der Waals surface area contributed by atoms with Crippen molar-refractivity contribution in [2.75, 3.05) is 25.5 Å². The van der Waals surface area contributed by atoms with Crippen molar-refractivity contribution in [1.29, 1.82) is 0 Å². The Morgan fingerprint density at radius 1 is 1.12 bits per heavy atom. The number of rotatable bonds is 9. The first kappa shape index (κ1) is 32.9. The summed E-state index contributed by atoms with van der Waals surface area (Å²) in [7, 11) is 3.11. The number of likely N-dealkylation sites (N-methyl/N-ethyl adjacent to an activating group) is 1. The summed E-state index contributed by atoms with van der Waals surface area (Å²) in [5.74, 6) is -0.494. The number of pyridine rings is 1. The molecule has 13 heteroatoms. The molecule has 2 aromatic heterocycles. The number of hydrogen-bond donors (Lipinski definition) is 2. The van der Waals surface area contributed by atoms with E-state index in [2.05, 4.69) is 31.5 Å². The Morgan fingerprint density at radius 2 is 1.83 bits per heavy atom. The van der Waals surface area contributed by atoms with E-state index in [9.17, 15) is 14.4 Å². The van der Waals surface area contributed by atoms with Crippen LogP contribution in [0.4, 0.5) is 5.69 Å². The number of nitrogens with one attached hydrogen (secondary N) is 2. The Bertz CT molecular complexity index is 1660. The van der Waals surface area contributed by atoms with Gasteiger partial charge in [-0.25, -0.2) is 4.98 Å². The summed E-state index contributed by atoms with van der Waals surface area (Å²) in [6, 6.07) is 13.6. The maximum absolute atomic E-state index is 12.9. The first-order valence-electron chi connectivity index (χ1n) is 12.4. The normalized spacial score (nSPS) is 10.8. The smallest absolute Gasteiger partial charge is 0.251 e. The van der Waals surface area contributed by atoms with Gasteiger partial charge in [0.05, 0.1) is 22.9 Å². The second kappa shape index (κ2) is 14.6. The summed E-state index contributed by atoms with van der Waals surface area (Å²) in [5, 5.41) is 5.76. The van der Waals surface area contributed by atoms with Crippen LogP contribution in [0.1, 0.15) is 27.2 Å². The molecule has 0 unspecified atom stereocenters. The quantitative estimate of drug-likeness (QED) is 0.214. The molecule has 0 aliphatic heterocycles. The molecule has 4 aromatic rings. The van der Waals surface area contributed by atoms with E-state index in [1.54, 1.807) is 62.6 Å². The van der Waals surface area contributed by atoms with Crippen LogP contribution in [0.3, 0.4) is 0 Å². The highest BCUT2D eigenvalue weighted by molar-refractivity contribution is 9.10. The van der Waals surface area contributed by atoms with Gasteiger partial charge in [0.25, 0.3) is 5.91 Å². The SMILES string of the molecule is CNC(=O)c1ccc(C=CC(=O)NCC(=O)N(C)c2ccc(Cl)c(COc3cccn4c(Br)c(C)nc34)c2Cl)cc1.Cl. The van der Waals surface area contributed by atoms with Gasteiger partial charge in [-0.05, 0) is 70.9 Å². The van der Waals surface area contributed by atoms with Gasteiger partial charge in [0.15, 0.2) is 11.4 Å². The minimum Gasteiger partial charge on any atom is -0.485 e. The molecule has 0 aliphatic rings. The molecule has 2 heterocycles. The molecule has 0 fully saturated rings.